The standard InChI is InChI=1S/C29H28FN7O/c1-18-15-21(12-13-22(18)30)32-25-24-26(36-17-29(2,3)33-28(36)35(4)27(24)38)34-37(25)16-19-8-10-20(11-9-19)23-7-5-6-14-31-23/h5-15,32H,16-17H2,1-4H3. The van der Waals surface area contributed by atoms with Crippen LogP contribution in [0, 0.1) is 12.7 Å². The van der Waals surface area contributed by atoms with E-state index in [1.54, 1.807) is 41.9 Å². The highest BCUT2D eigenvalue weighted by molar-refractivity contribution is 6.20. The third-order valence-electron chi connectivity index (χ3n) is 6.86. The molecule has 192 valence electrons. The van der Waals surface area contributed by atoms with Gasteiger partial charge in [0.25, 0.3) is 5.91 Å². The van der Waals surface area contributed by atoms with Crippen molar-refractivity contribution in [3.05, 3.63) is 89.4 Å². The largest absolute Gasteiger partial charge is 0.340 e. The highest BCUT2D eigenvalue weighted by atomic mass is 19.1. The Balaban J connectivity index is 1.42. The van der Waals surface area contributed by atoms with Gasteiger partial charge in [0.15, 0.2) is 5.82 Å². The maximum Gasteiger partial charge on any atom is 0.267 e. The van der Waals surface area contributed by atoms with Gasteiger partial charge in [-0.25, -0.2) is 14.1 Å². The van der Waals surface area contributed by atoms with E-state index in [2.05, 4.69) is 10.3 Å². The molecule has 0 unspecified atom stereocenters. The summed E-state index contributed by atoms with van der Waals surface area (Å²) in [7, 11) is 1.73. The maximum atomic E-state index is 14.0. The van der Waals surface area contributed by atoms with Crippen LogP contribution in [0.5, 0.6) is 0 Å². The fourth-order valence-corrected chi connectivity index (χ4v) is 4.93. The first kappa shape index (κ1) is 23.8. The lowest BCUT2D eigenvalue weighted by molar-refractivity contribution is 0.0866. The lowest BCUT2D eigenvalue weighted by Gasteiger charge is -2.30. The zero-order chi connectivity index (χ0) is 26.6. The summed E-state index contributed by atoms with van der Waals surface area (Å²) in [5.41, 5.74) is 4.24. The molecule has 2 aliphatic rings. The van der Waals surface area contributed by atoms with Crippen molar-refractivity contribution in [3.8, 4) is 11.3 Å². The summed E-state index contributed by atoms with van der Waals surface area (Å²) in [6.45, 7) is 6.83. The number of pyridine rings is 1. The van der Waals surface area contributed by atoms with Crippen molar-refractivity contribution in [2.24, 2.45) is 4.99 Å². The number of guanidine groups is 1. The first-order valence-corrected chi connectivity index (χ1v) is 12.5. The Morgan fingerprint density at radius 3 is 2.58 bits per heavy atom. The van der Waals surface area contributed by atoms with Crippen LogP contribution in [0.2, 0.25) is 0 Å². The van der Waals surface area contributed by atoms with Gasteiger partial charge >= 0.3 is 0 Å². The molecule has 2 aromatic heterocycles. The van der Waals surface area contributed by atoms with Gasteiger partial charge in [-0.05, 0) is 62.2 Å². The van der Waals surface area contributed by atoms with Crippen LogP contribution in [0.25, 0.3) is 11.3 Å². The van der Waals surface area contributed by atoms with Crippen molar-refractivity contribution in [3.63, 3.8) is 0 Å². The molecule has 0 saturated carbocycles. The van der Waals surface area contributed by atoms with Gasteiger partial charge in [0.2, 0.25) is 5.96 Å². The van der Waals surface area contributed by atoms with E-state index >= 15 is 0 Å². The second-order valence-corrected chi connectivity index (χ2v) is 10.4. The number of fused-ring (bicyclic) bond motifs is 3. The molecule has 2 aliphatic heterocycles. The molecule has 0 saturated heterocycles. The Labute approximate surface area is 220 Å². The van der Waals surface area contributed by atoms with Crippen molar-refractivity contribution < 1.29 is 9.18 Å². The SMILES string of the molecule is Cc1cc(Nc2c3c(nn2Cc2ccc(-c4ccccn4)cc2)N2CC(C)(C)N=C2N(C)C3=O)ccc1F. The Bertz CT molecular complexity index is 1570. The summed E-state index contributed by atoms with van der Waals surface area (Å²) in [4.78, 5) is 26.4. The second kappa shape index (κ2) is 8.79. The van der Waals surface area contributed by atoms with Gasteiger partial charge in [0.1, 0.15) is 17.2 Å². The van der Waals surface area contributed by atoms with E-state index in [1.807, 2.05) is 61.2 Å². The quantitative estimate of drug-likeness (QED) is 0.399. The molecule has 4 aromatic rings. The number of aliphatic imine (C=N–C) groups is 1. The van der Waals surface area contributed by atoms with Crippen LogP contribution in [-0.2, 0) is 6.54 Å². The highest BCUT2D eigenvalue weighted by Gasteiger charge is 2.45. The second-order valence-electron chi connectivity index (χ2n) is 10.4. The van der Waals surface area contributed by atoms with Crippen molar-refractivity contribution in [1.29, 1.82) is 0 Å². The molecular weight excluding hydrogens is 481 g/mol. The monoisotopic (exact) mass is 509 g/mol. The minimum Gasteiger partial charge on any atom is -0.340 e. The van der Waals surface area contributed by atoms with E-state index in [1.165, 1.54) is 6.07 Å². The summed E-state index contributed by atoms with van der Waals surface area (Å²) < 4.78 is 15.8. The van der Waals surface area contributed by atoms with Crippen LogP contribution in [0.4, 0.5) is 21.7 Å². The average Bonchev–Trinajstić information content (AvgIpc) is 3.42. The molecule has 8 nitrogen and oxygen atoms in total. The number of nitrogens with one attached hydrogen (secondary N) is 1. The topological polar surface area (TPSA) is 78.7 Å². The molecule has 6 rings (SSSR count). The van der Waals surface area contributed by atoms with Crippen LogP contribution in [0.15, 0.2) is 71.9 Å². The minimum absolute atomic E-state index is 0.189. The van der Waals surface area contributed by atoms with Gasteiger partial charge in [0, 0.05) is 24.5 Å². The van der Waals surface area contributed by atoms with Gasteiger partial charge in [0.05, 0.1) is 24.3 Å². The summed E-state index contributed by atoms with van der Waals surface area (Å²) in [5, 5.41) is 8.29. The Hall–Kier alpha value is -4.53. The molecule has 0 radical (unpaired) electrons. The molecule has 1 N–H and O–H groups in total. The van der Waals surface area contributed by atoms with Crippen LogP contribution < -0.4 is 10.2 Å². The molecule has 9 heteroatoms. The van der Waals surface area contributed by atoms with Crippen molar-refractivity contribution in [2.45, 2.75) is 32.9 Å². The number of aromatic nitrogens is 3. The van der Waals surface area contributed by atoms with Crippen LogP contribution in [0.1, 0.15) is 35.3 Å². The summed E-state index contributed by atoms with van der Waals surface area (Å²) in [6.07, 6.45) is 1.78. The minimum atomic E-state index is -0.349. The summed E-state index contributed by atoms with van der Waals surface area (Å²) >= 11 is 0. The molecule has 0 aliphatic carbocycles. The van der Waals surface area contributed by atoms with Crippen LogP contribution in [-0.4, -0.2) is 50.7 Å². The highest BCUT2D eigenvalue weighted by Crippen LogP contribution is 2.39. The smallest absolute Gasteiger partial charge is 0.267 e. The Morgan fingerprint density at radius 2 is 1.87 bits per heavy atom. The summed E-state index contributed by atoms with van der Waals surface area (Å²) in [5.74, 6) is 1.26. The number of halogens is 1. The number of carbonyl (C=O) groups excluding carboxylic acids is 1. The molecule has 0 bridgehead atoms. The zero-order valence-corrected chi connectivity index (χ0v) is 21.7. The predicted octanol–water partition coefficient (Wildman–Crippen LogP) is 5.22. The molecule has 38 heavy (non-hydrogen) atoms. The first-order valence-electron chi connectivity index (χ1n) is 12.5. The lowest BCUT2D eigenvalue weighted by Crippen LogP contribution is -2.48. The van der Waals surface area contributed by atoms with Gasteiger partial charge in [-0.2, -0.15) is 5.10 Å². The van der Waals surface area contributed by atoms with Crippen molar-refractivity contribution in [1.82, 2.24) is 19.7 Å². The fraction of sp³-hybridized carbons (Fsp3) is 0.241. The average molecular weight is 510 g/mol. The van der Waals surface area contributed by atoms with Crippen LogP contribution in [0.3, 0.4) is 0 Å². The van der Waals surface area contributed by atoms with Crippen LogP contribution >= 0.6 is 0 Å². The maximum absolute atomic E-state index is 14.0. The molecular formula is C29H28FN7O. The third-order valence-corrected chi connectivity index (χ3v) is 6.86. The Kier molecular flexibility index (Phi) is 5.52. The number of aryl methyl sites for hydroxylation is 1. The lowest BCUT2D eigenvalue weighted by atomic mass is 10.1. The molecule has 0 fully saturated rings. The number of amides is 1. The van der Waals surface area contributed by atoms with Gasteiger partial charge in [-0.3, -0.25) is 19.6 Å². The normalized spacial score (nSPS) is 15.8. The van der Waals surface area contributed by atoms with Gasteiger partial charge in [-0.1, -0.05) is 30.3 Å². The Morgan fingerprint density at radius 1 is 1.08 bits per heavy atom. The number of rotatable bonds is 5. The molecule has 2 aromatic carbocycles. The van der Waals surface area contributed by atoms with Crippen molar-refractivity contribution >= 4 is 29.2 Å². The van der Waals surface area contributed by atoms with E-state index in [0.717, 1.165) is 16.8 Å². The van der Waals surface area contributed by atoms with Gasteiger partial charge in [-0.15, -0.1) is 0 Å². The molecule has 0 spiro atoms. The molecule has 0 atom stereocenters. The number of carbonyl (C=O) groups is 1. The van der Waals surface area contributed by atoms with E-state index in [4.69, 9.17) is 10.1 Å². The molecule has 1 amide bonds. The number of hydrogen-bond donors (Lipinski definition) is 1. The first-order chi connectivity index (χ1) is 18.2. The molecule has 4 heterocycles. The van der Waals surface area contributed by atoms with E-state index in [0.29, 0.717) is 47.5 Å². The number of hydrogen-bond acceptors (Lipinski definition) is 6. The fourth-order valence-electron chi connectivity index (χ4n) is 4.93. The van der Waals surface area contributed by atoms with Gasteiger partial charge < -0.3 is 5.32 Å². The number of benzene rings is 2. The van der Waals surface area contributed by atoms with E-state index in [9.17, 15) is 9.18 Å². The number of nitrogens with zero attached hydrogens (tertiary/aromatic N) is 6. The zero-order valence-electron chi connectivity index (χ0n) is 21.7. The third kappa shape index (κ3) is 4.09. The van der Waals surface area contributed by atoms with E-state index < -0.39 is 0 Å². The predicted molar refractivity (Wildman–Crippen MR) is 146 cm³/mol. The van der Waals surface area contributed by atoms with Crippen molar-refractivity contribution in [2.75, 3.05) is 23.8 Å². The summed E-state index contributed by atoms with van der Waals surface area (Å²) in [6, 6.07) is 18.8. The number of anilines is 3. The van der Waals surface area contributed by atoms with E-state index in [-0.39, 0.29) is 17.3 Å².